The second-order valence-corrected chi connectivity index (χ2v) is 7.09. The fraction of sp³-hybridized carbons (Fsp3) is 0.381. The van der Waals surface area contributed by atoms with Gasteiger partial charge in [0.2, 0.25) is 5.88 Å². The van der Waals surface area contributed by atoms with E-state index in [1.54, 1.807) is 25.7 Å². The summed E-state index contributed by atoms with van der Waals surface area (Å²) in [6.07, 6.45) is 5.86. The second-order valence-electron chi connectivity index (χ2n) is 7.09. The molecule has 3 aromatic rings. The van der Waals surface area contributed by atoms with Crippen LogP contribution in [0.15, 0.2) is 36.8 Å². The van der Waals surface area contributed by atoms with Gasteiger partial charge in [-0.3, -0.25) is 14.6 Å². The Morgan fingerprint density at radius 3 is 2.86 bits per heavy atom. The number of hydrogen-bond donors (Lipinski definition) is 0. The van der Waals surface area contributed by atoms with E-state index in [9.17, 15) is 0 Å². The van der Waals surface area contributed by atoms with Crippen LogP contribution >= 0.6 is 0 Å². The lowest BCUT2D eigenvalue weighted by Gasteiger charge is -2.27. The fourth-order valence-corrected chi connectivity index (χ4v) is 3.78. The molecule has 3 heterocycles. The monoisotopic (exact) mass is 379 g/mol. The number of nitrogens with zero attached hydrogens (tertiary/aromatic N) is 5. The summed E-state index contributed by atoms with van der Waals surface area (Å²) >= 11 is 0. The summed E-state index contributed by atoms with van der Waals surface area (Å²) < 4.78 is 13.1. The molecule has 0 saturated heterocycles. The van der Waals surface area contributed by atoms with Crippen LogP contribution in [-0.4, -0.2) is 38.3 Å². The van der Waals surface area contributed by atoms with Crippen LogP contribution in [-0.2, 0) is 33.2 Å². The summed E-state index contributed by atoms with van der Waals surface area (Å²) in [5.41, 5.74) is 5.99. The molecule has 7 nitrogen and oxygen atoms in total. The van der Waals surface area contributed by atoms with Crippen molar-refractivity contribution in [1.29, 1.82) is 0 Å². The highest BCUT2D eigenvalue weighted by molar-refractivity contribution is 5.36. The second kappa shape index (κ2) is 7.98. The smallest absolute Gasteiger partial charge is 0.232 e. The Balaban J connectivity index is 1.47. The van der Waals surface area contributed by atoms with E-state index in [1.807, 2.05) is 17.8 Å². The van der Waals surface area contributed by atoms with E-state index >= 15 is 0 Å². The van der Waals surface area contributed by atoms with Crippen LogP contribution in [0.5, 0.6) is 11.6 Å². The minimum Gasteiger partial charge on any atom is -0.496 e. The van der Waals surface area contributed by atoms with E-state index in [1.165, 1.54) is 16.8 Å². The molecule has 2 aromatic heterocycles. The zero-order valence-corrected chi connectivity index (χ0v) is 16.6. The third kappa shape index (κ3) is 3.84. The zero-order valence-electron chi connectivity index (χ0n) is 16.6. The van der Waals surface area contributed by atoms with Crippen molar-refractivity contribution >= 4 is 0 Å². The average molecular weight is 379 g/mol. The Kier molecular flexibility index (Phi) is 5.25. The number of rotatable bonds is 6. The Bertz CT molecular complexity index is 955. The molecular weight excluding hydrogens is 354 g/mol. The highest BCUT2D eigenvalue weighted by Gasteiger charge is 2.24. The minimum atomic E-state index is 0.400. The third-order valence-electron chi connectivity index (χ3n) is 5.17. The first-order valence-corrected chi connectivity index (χ1v) is 9.42. The molecule has 1 aromatic carbocycles. The molecule has 0 spiro atoms. The molecule has 1 aliphatic heterocycles. The molecule has 1 aliphatic rings. The number of aryl methyl sites for hydroxylation is 2. The predicted octanol–water partition coefficient (Wildman–Crippen LogP) is 2.66. The van der Waals surface area contributed by atoms with Crippen molar-refractivity contribution in [3.63, 3.8) is 0 Å². The van der Waals surface area contributed by atoms with Crippen LogP contribution in [0.25, 0.3) is 0 Å². The molecule has 0 bridgehead atoms. The molecule has 0 N–H and O–H groups in total. The van der Waals surface area contributed by atoms with E-state index in [-0.39, 0.29) is 0 Å². The SMILES string of the molecule is COc1ccc(CN2CCc3c(c(COc4cnccn4)nn3C)C2)cc1C. The quantitative estimate of drug-likeness (QED) is 0.656. The molecule has 4 rings (SSSR count). The number of hydrogen-bond acceptors (Lipinski definition) is 6. The number of benzene rings is 1. The van der Waals surface area contributed by atoms with Gasteiger partial charge in [0.25, 0.3) is 0 Å². The maximum Gasteiger partial charge on any atom is 0.232 e. The number of ether oxygens (including phenoxy) is 2. The van der Waals surface area contributed by atoms with Crippen molar-refractivity contribution in [2.75, 3.05) is 13.7 Å². The number of fused-ring (bicyclic) bond motifs is 1. The van der Waals surface area contributed by atoms with Crippen LogP contribution < -0.4 is 9.47 Å². The van der Waals surface area contributed by atoms with Crippen molar-refractivity contribution in [1.82, 2.24) is 24.6 Å². The molecule has 0 saturated carbocycles. The summed E-state index contributed by atoms with van der Waals surface area (Å²) in [7, 11) is 3.72. The van der Waals surface area contributed by atoms with Crippen molar-refractivity contribution < 1.29 is 9.47 Å². The van der Waals surface area contributed by atoms with Gasteiger partial charge in [0.1, 0.15) is 18.1 Å². The summed E-state index contributed by atoms with van der Waals surface area (Å²) in [4.78, 5) is 10.7. The minimum absolute atomic E-state index is 0.400. The molecule has 0 aliphatic carbocycles. The predicted molar refractivity (Wildman–Crippen MR) is 105 cm³/mol. The molecule has 28 heavy (non-hydrogen) atoms. The Morgan fingerprint density at radius 1 is 1.21 bits per heavy atom. The first-order valence-electron chi connectivity index (χ1n) is 9.42. The molecule has 0 radical (unpaired) electrons. The van der Waals surface area contributed by atoms with Crippen molar-refractivity contribution in [3.05, 3.63) is 64.9 Å². The van der Waals surface area contributed by atoms with Crippen molar-refractivity contribution in [2.24, 2.45) is 7.05 Å². The van der Waals surface area contributed by atoms with Crippen molar-refractivity contribution in [3.8, 4) is 11.6 Å². The van der Waals surface area contributed by atoms with Gasteiger partial charge >= 0.3 is 0 Å². The summed E-state index contributed by atoms with van der Waals surface area (Å²) in [6, 6.07) is 6.39. The van der Waals surface area contributed by atoms with Crippen molar-refractivity contribution in [2.45, 2.75) is 33.0 Å². The van der Waals surface area contributed by atoms with E-state index in [0.717, 1.165) is 43.1 Å². The molecule has 0 unspecified atom stereocenters. The lowest BCUT2D eigenvalue weighted by molar-refractivity contribution is 0.238. The van der Waals surface area contributed by atoms with Crippen LogP contribution in [0.4, 0.5) is 0 Å². The zero-order chi connectivity index (χ0) is 19.5. The van der Waals surface area contributed by atoms with E-state index in [4.69, 9.17) is 9.47 Å². The lowest BCUT2D eigenvalue weighted by atomic mass is 10.0. The summed E-state index contributed by atoms with van der Waals surface area (Å²) in [5.74, 6) is 1.45. The molecule has 0 fully saturated rings. The van der Waals surface area contributed by atoms with Gasteiger partial charge in [0.15, 0.2) is 0 Å². The molecule has 146 valence electrons. The van der Waals surface area contributed by atoms with Gasteiger partial charge in [0, 0.05) is 56.8 Å². The highest BCUT2D eigenvalue weighted by Crippen LogP contribution is 2.25. The maximum atomic E-state index is 5.78. The first-order chi connectivity index (χ1) is 13.6. The number of aromatic nitrogens is 4. The van der Waals surface area contributed by atoms with Gasteiger partial charge in [-0.15, -0.1) is 0 Å². The normalized spacial score (nSPS) is 14.0. The summed E-state index contributed by atoms with van der Waals surface area (Å²) in [5, 5.41) is 4.69. The van der Waals surface area contributed by atoms with E-state index < -0.39 is 0 Å². The van der Waals surface area contributed by atoms with Gasteiger partial charge in [-0.25, -0.2) is 4.98 Å². The summed E-state index contributed by atoms with van der Waals surface area (Å²) in [6.45, 7) is 5.27. The lowest BCUT2D eigenvalue weighted by Crippen LogP contribution is -2.31. The van der Waals surface area contributed by atoms with Gasteiger partial charge in [0.05, 0.1) is 13.3 Å². The van der Waals surface area contributed by atoms with E-state index in [2.05, 4.69) is 39.0 Å². The molecule has 7 heteroatoms. The standard InChI is InChI=1S/C21H25N5O2/c1-15-10-16(4-5-20(15)27-3)12-26-9-6-19-17(13-26)18(24-25(19)2)14-28-21-11-22-7-8-23-21/h4-5,7-8,10-11H,6,9,12-14H2,1-3H3. The Labute approximate surface area is 164 Å². The topological polar surface area (TPSA) is 65.3 Å². The third-order valence-corrected chi connectivity index (χ3v) is 5.17. The number of methoxy groups -OCH3 is 1. The Hall–Kier alpha value is -2.93. The van der Waals surface area contributed by atoms with Gasteiger partial charge in [-0.05, 0) is 24.1 Å². The molecule has 0 amide bonds. The Morgan fingerprint density at radius 2 is 2.11 bits per heavy atom. The average Bonchev–Trinajstić information content (AvgIpc) is 3.02. The highest BCUT2D eigenvalue weighted by atomic mass is 16.5. The van der Waals surface area contributed by atoms with Crippen LogP contribution in [0.1, 0.15) is 28.1 Å². The fourth-order valence-electron chi connectivity index (χ4n) is 3.78. The largest absolute Gasteiger partial charge is 0.496 e. The maximum absolute atomic E-state index is 5.78. The van der Waals surface area contributed by atoms with Crippen LogP contribution in [0, 0.1) is 6.92 Å². The van der Waals surface area contributed by atoms with Crippen LogP contribution in [0.2, 0.25) is 0 Å². The first kappa shape index (κ1) is 18.4. The van der Waals surface area contributed by atoms with Gasteiger partial charge < -0.3 is 9.47 Å². The van der Waals surface area contributed by atoms with Gasteiger partial charge in [-0.1, -0.05) is 12.1 Å². The van der Waals surface area contributed by atoms with Gasteiger partial charge in [-0.2, -0.15) is 5.10 Å². The molecule has 0 atom stereocenters. The van der Waals surface area contributed by atoms with E-state index in [0.29, 0.717) is 12.5 Å². The molecular formula is C21H25N5O2. The van der Waals surface area contributed by atoms with Crippen LogP contribution in [0.3, 0.4) is 0 Å².